The summed E-state index contributed by atoms with van der Waals surface area (Å²) in [5.74, 6) is 1.18. The minimum absolute atomic E-state index is 0.256. The fourth-order valence-electron chi connectivity index (χ4n) is 2.70. The number of carbonyl (C=O) groups is 2. The molecule has 0 saturated heterocycles. The molecule has 2 rings (SSSR count). The van der Waals surface area contributed by atoms with E-state index in [2.05, 4.69) is 10.6 Å². The van der Waals surface area contributed by atoms with Crippen LogP contribution in [0.3, 0.4) is 0 Å². The van der Waals surface area contributed by atoms with Gasteiger partial charge in [0.25, 0.3) is 5.91 Å². The van der Waals surface area contributed by atoms with E-state index in [0.717, 1.165) is 0 Å². The van der Waals surface area contributed by atoms with E-state index < -0.39 is 17.9 Å². The zero-order chi connectivity index (χ0) is 22.3. The van der Waals surface area contributed by atoms with Gasteiger partial charge < -0.3 is 34.3 Å². The maximum absolute atomic E-state index is 12.7. The summed E-state index contributed by atoms with van der Waals surface area (Å²) in [6, 6.07) is 7.18. The maximum atomic E-state index is 12.7. The quantitative estimate of drug-likeness (QED) is 0.645. The number of anilines is 1. The molecule has 0 saturated carbocycles. The third-order valence-electron chi connectivity index (χ3n) is 4.33. The van der Waals surface area contributed by atoms with Crippen LogP contribution >= 0.6 is 0 Å². The van der Waals surface area contributed by atoms with Crippen LogP contribution in [0.15, 0.2) is 30.3 Å². The lowest BCUT2D eigenvalue weighted by Gasteiger charge is -2.17. The second-order valence-corrected chi connectivity index (χ2v) is 6.16. The molecule has 162 valence electrons. The SMILES string of the molecule is COc1ccc(NC(=O)[C@H](C)NC(=O)c2cc(OC)c(OC)c(OC)c2)c(OC)c1. The highest BCUT2D eigenvalue weighted by atomic mass is 16.5. The molecule has 30 heavy (non-hydrogen) atoms. The highest BCUT2D eigenvalue weighted by Crippen LogP contribution is 2.38. The van der Waals surface area contributed by atoms with Gasteiger partial charge in [0.15, 0.2) is 11.5 Å². The van der Waals surface area contributed by atoms with Crippen LogP contribution in [0.2, 0.25) is 0 Å². The number of methoxy groups -OCH3 is 5. The Morgan fingerprint density at radius 1 is 0.800 bits per heavy atom. The smallest absolute Gasteiger partial charge is 0.252 e. The zero-order valence-corrected chi connectivity index (χ0v) is 17.8. The Morgan fingerprint density at radius 3 is 1.90 bits per heavy atom. The van der Waals surface area contributed by atoms with Gasteiger partial charge in [0.2, 0.25) is 11.7 Å². The number of ether oxygens (including phenoxy) is 5. The molecule has 9 nitrogen and oxygen atoms in total. The summed E-state index contributed by atoms with van der Waals surface area (Å²) in [4.78, 5) is 25.2. The molecule has 0 aromatic heterocycles. The predicted octanol–water partition coefficient (Wildman–Crippen LogP) is 2.49. The second kappa shape index (κ2) is 10.2. The first-order valence-corrected chi connectivity index (χ1v) is 9.02. The monoisotopic (exact) mass is 418 g/mol. The van der Waals surface area contributed by atoms with Gasteiger partial charge in [-0.25, -0.2) is 0 Å². The molecule has 2 aromatic carbocycles. The lowest BCUT2D eigenvalue weighted by atomic mass is 10.1. The average molecular weight is 418 g/mol. The van der Waals surface area contributed by atoms with Gasteiger partial charge >= 0.3 is 0 Å². The first-order chi connectivity index (χ1) is 14.4. The first kappa shape index (κ1) is 22.7. The molecule has 9 heteroatoms. The molecule has 0 spiro atoms. The van der Waals surface area contributed by atoms with Crippen LogP contribution in [-0.2, 0) is 4.79 Å². The fourth-order valence-corrected chi connectivity index (χ4v) is 2.70. The van der Waals surface area contributed by atoms with Crippen molar-refractivity contribution in [2.75, 3.05) is 40.9 Å². The second-order valence-electron chi connectivity index (χ2n) is 6.16. The molecular weight excluding hydrogens is 392 g/mol. The average Bonchev–Trinajstić information content (AvgIpc) is 2.77. The van der Waals surface area contributed by atoms with E-state index in [1.54, 1.807) is 25.1 Å². The van der Waals surface area contributed by atoms with E-state index in [0.29, 0.717) is 34.4 Å². The summed E-state index contributed by atoms with van der Waals surface area (Å²) in [5, 5.41) is 5.38. The summed E-state index contributed by atoms with van der Waals surface area (Å²) in [5.41, 5.74) is 0.711. The van der Waals surface area contributed by atoms with Gasteiger partial charge in [0.1, 0.15) is 17.5 Å². The molecule has 0 heterocycles. The predicted molar refractivity (Wildman–Crippen MR) is 111 cm³/mol. The van der Waals surface area contributed by atoms with Crippen LogP contribution in [0, 0.1) is 0 Å². The summed E-state index contributed by atoms with van der Waals surface area (Å²) >= 11 is 0. The van der Waals surface area contributed by atoms with Crippen molar-refractivity contribution < 1.29 is 33.3 Å². The van der Waals surface area contributed by atoms with Gasteiger partial charge in [0.05, 0.1) is 41.2 Å². The van der Waals surface area contributed by atoms with Crippen molar-refractivity contribution in [1.82, 2.24) is 5.32 Å². The first-order valence-electron chi connectivity index (χ1n) is 9.02. The number of amides is 2. The normalized spacial score (nSPS) is 11.1. The third kappa shape index (κ3) is 5.05. The van der Waals surface area contributed by atoms with E-state index in [1.165, 1.54) is 47.7 Å². The minimum Gasteiger partial charge on any atom is -0.497 e. The molecular formula is C21H26N2O7. The number of carbonyl (C=O) groups excluding carboxylic acids is 2. The van der Waals surface area contributed by atoms with Crippen LogP contribution in [0.25, 0.3) is 0 Å². The van der Waals surface area contributed by atoms with E-state index in [4.69, 9.17) is 23.7 Å². The molecule has 0 radical (unpaired) electrons. The van der Waals surface area contributed by atoms with Crippen molar-refractivity contribution in [2.24, 2.45) is 0 Å². The molecule has 2 N–H and O–H groups in total. The molecule has 1 atom stereocenters. The summed E-state index contributed by atoms with van der Waals surface area (Å²) in [6.45, 7) is 1.57. The largest absolute Gasteiger partial charge is 0.497 e. The van der Waals surface area contributed by atoms with Gasteiger partial charge in [-0.2, -0.15) is 0 Å². The van der Waals surface area contributed by atoms with Crippen molar-refractivity contribution >= 4 is 17.5 Å². The standard InChI is InChI=1S/C21H26N2O7/c1-12(20(24)23-15-8-7-14(26-2)11-16(15)27-3)22-21(25)13-9-17(28-4)19(30-6)18(10-13)29-5/h7-12H,1-6H3,(H,22,25)(H,23,24)/t12-/m0/s1. The Balaban J connectivity index is 2.15. The highest BCUT2D eigenvalue weighted by Gasteiger charge is 2.21. The highest BCUT2D eigenvalue weighted by molar-refractivity contribution is 6.02. The number of rotatable bonds is 9. The van der Waals surface area contributed by atoms with Crippen molar-refractivity contribution in [3.8, 4) is 28.7 Å². The molecule has 0 bridgehead atoms. The number of benzene rings is 2. The van der Waals surface area contributed by atoms with Crippen molar-refractivity contribution in [3.63, 3.8) is 0 Å². The lowest BCUT2D eigenvalue weighted by molar-refractivity contribution is -0.117. The maximum Gasteiger partial charge on any atom is 0.252 e. The van der Waals surface area contributed by atoms with E-state index in [1.807, 2.05) is 0 Å². The number of hydrogen-bond donors (Lipinski definition) is 2. The van der Waals surface area contributed by atoms with E-state index >= 15 is 0 Å². The van der Waals surface area contributed by atoms with Gasteiger partial charge in [-0.05, 0) is 31.2 Å². The fraction of sp³-hybridized carbons (Fsp3) is 0.333. The molecule has 0 unspecified atom stereocenters. The zero-order valence-electron chi connectivity index (χ0n) is 17.8. The van der Waals surface area contributed by atoms with Crippen molar-refractivity contribution in [2.45, 2.75) is 13.0 Å². The van der Waals surface area contributed by atoms with Crippen LogP contribution in [-0.4, -0.2) is 53.4 Å². The van der Waals surface area contributed by atoms with Crippen molar-refractivity contribution in [1.29, 1.82) is 0 Å². The van der Waals surface area contributed by atoms with Crippen molar-refractivity contribution in [3.05, 3.63) is 35.9 Å². The summed E-state index contributed by atoms with van der Waals surface area (Å²) < 4.78 is 26.2. The Labute approximate surface area is 175 Å². The van der Waals surface area contributed by atoms with Crippen LogP contribution < -0.4 is 34.3 Å². The molecule has 0 aliphatic carbocycles. The Bertz CT molecular complexity index is 889. The van der Waals surface area contributed by atoms with E-state index in [-0.39, 0.29) is 5.56 Å². The molecule has 0 fully saturated rings. The molecule has 2 amide bonds. The lowest BCUT2D eigenvalue weighted by Crippen LogP contribution is -2.41. The van der Waals surface area contributed by atoms with Crippen LogP contribution in [0.1, 0.15) is 17.3 Å². The Hall–Kier alpha value is -3.62. The van der Waals surface area contributed by atoms with Gasteiger partial charge in [-0.3, -0.25) is 9.59 Å². The summed E-state index contributed by atoms with van der Waals surface area (Å²) in [6.07, 6.45) is 0. The molecule has 0 aliphatic heterocycles. The number of hydrogen-bond acceptors (Lipinski definition) is 7. The number of nitrogens with one attached hydrogen (secondary N) is 2. The molecule has 2 aromatic rings. The van der Waals surface area contributed by atoms with Gasteiger partial charge in [-0.1, -0.05) is 0 Å². The van der Waals surface area contributed by atoms with Gasteiger partial charge in [0, 0.05) is 11.6 Å². The Kier molecular flexibility index (Phi) is 7.74. The Morgan fingerprint density at radius 2 is 1.40 bits per heavy atom. The molecule has 0 aliphatic rings. The van der Waals surface area contributed by atoms with Crippen LogP contribution in [0.4, 0.5) is 5.69 Å². The van der Waals surface area contributed by atoms with Gasteiger partial charge in [-0.15, -0.1) is 0 Å². The van der Waals surface area contributed by atoms with Crippen LogP contribution in [0.5, 0.6) is 28.7 Å². The summed E-state index contributed by atoms with van der Waals surface area (Å²) in [7, 11) is 7.41. The third-order valence-corrected chi connectivity index (χ3v) is 4.33. The van der Waals surface area contributed by atoms with E-state index in [9.17, 15) is 9.59 Å². The topological polar surface area (TPSA) is 104 Å². The minimum atomic E-state index is -0.830.